The van der Waals surface area contributed by atoms with Gasteiger partial charge in [0.05, 0.1) is 19.9 Å². The quantitative estimate of drug-likeness (QED) is 0.792. The van der Waals surface area contributed by atoms with Gasteiger partial charge in [-0.1, -0.05) is 6.07 Å². The first-order chi connectivity index (χ1) is 7.58. The van der Waals surface area contributed by atoms with Crippen LogP contribution in [0.1, 0.15) is 11.1 Å². The molecule has 0 aromatic heterocycles. The molecule has 16 heavy (non-hydrogen) atoms. The highest BCUT2D eigenvalue weighted by Gasteiger charge is 2.09. The molecule has 88 valence electrons. The van der Waals surface area contributed by atoms with Crippen LogP contribution in [0.25, 0.3) is 0 Å². The van der Waals surface area contributed by atoms with Crippen LogP contribution in [0, 0.1) is 13.8 Å². The lowest BCUT2D eigenvalue weighted by Gasteiger charge is -2.14. The average Bonchev–Trinajstić information content (AvgIpc) is 2.26. The number of esters is 1. The van der Waals surface area contributed by atoms with Crippen molar-refractivity contribution in [2.24, 2.45) is 0 Å². The number of nitrogens with one attached hydrogen (secondary N) is 1. The summed E-state index contributed by atoms with van der Waals surface area (Å²) < 4.78 is 9.83. The molecule has 0 saturated carbocycles. The number of methoxy groups -OCH3 is 2. The summed E-state index contributed by atoms with van der Waals surface area (Å²) in [5, 5.41) is 3.01. The third-order valence-corrected chi connectivity index (χ3v) is 2.30. The first-order valence-electron chi connectivity index (χ1n) is 5.04. The molecule has 0 aliphatic heterocycles. The van der Waals surface area contributed by atoms with E-state index >= 15 is 0 Å². The molecule has 0 aliphatic carbocycles. The van der Waals surface area contributed by atoms with Crippen LogP contribution >= 0.6 is 0 Å². The Labute approximate surface area is 95.6 Å². The van der Waals surface area contributed by atoms with Gasteiger partial charge in [-0.15, -0.1) is 0 Å². The maximum Gasteiger partial charge on any atom is 0.325 e. The fourth-order valence-electron chi connectivity index (χ4n) is 1.55. The Bertz CT molecular complexity index is 388. The highest BCUT2D eigenvalue weighted by Crippen LogP contribution is 2.29. The second kappa shape index (κ2) is 5.39. The Kier molecular flexibility index (Phi) is 4.17. The van der Waals surface area contributed by atoms with E-state index in [4.69, 9.17) is 4.74 Å². The predicted molar refractivity (Wildman–Crippen MR) is 63.0 cm³/mol. The second-order valence-electron chi connectivity index (χ2n) is 3.59. The number of benzene rings is 1. The van der Waals surface area contributed by atoms with Gasteiger partial charge in [0.15, 0.2) is 0 Å². The number of ether oxygens (including phenoxy) is 2. The fourth-order valence-corrected chi connectivity index (χ4v) is 1.55. The summed E-state index contributed by atoms with van der Waals surface area (Å²) in [5.74, 6) is 0.434. The van der Waals surface area contributed by atoms with Crippen molar-refractivity contribution in [3.05, 3.63) is 23.3 Å². The number of anilines is 1. The van der Waals surface area contributed by atoms with E-state index in [9.17, 15) is 4.79 Å². The third kappa shape index (κ3) is 2.89. The molecule has 0 saturated heterocycles. The first kappa shape index (κ1) is 12.4. The molecule has 0 amide bonds. The number of carbonyl (C=O) groups is 1. The van der Waals surface area contributed by atoms with Crippen LogP contribution in [0.15, 0.2) is 12.1 Å². The van der Waals surface area contributed by atoms with Gasteiger partial charge in [0.1, 0.15) is 12.3 Å². The predicted octanol–water partition coefficient (Wildman–Crippen LogP) is 1.90. The first-order valence-corrected chi connectivity index (χ1v) is 5.04. The minimum Gasteiger partial charge on any atom is -0.495 e. The van der Waals surface area contributed by atoms with E-state index in [1.807, 2.05) is 26.0 Å². The summed E-state index contributed by atoms with van der Waals surface area (Å²) >= 11 is 0. The lowest BCUT2D eigenvalue weighted by molar-refractivity contribution is -0.138. The van der Waals surface area contributed by atoms with E-state index in [1.165, 1.54) is 7.11 Å². The average molecular weight is 223 g/mol. The molecule has 4 heteroatoms. The van der Waals surface area contributed by atoms with Crippen LogP contribution in [0.2, 0.25) is 0 Å². The maximum atomic E-state index is 11.0. The Morgan fingerprint density at radius 1 is 1.31 bits per heavy atom. The number of rotatable bonds is 4. The summed E-state index contributed by atoms with van der Waals surface area (Å²) in [5.41, 5.74) is 3.00. The molecule has 0 aliphatic rings. The van der Waals surface area contributed by atoms with Gasteiger partial charge in [0, 0.05) is 0 Å². The SMILES string of the molecule is COC(=O)CNc1c(C)cc(C)cc1OC. The summed E-state index contributed by atoms with van der Waals surface area (Å²) in [6.45, 7) is 4.10. The molecular formula is C12H17NO3. The zero-order chi connectivity index (χ0) is 12.1. The van der Waals surface area contributed by atoms with Crippen LogP contribution in [0.3, 0.4) is 0 Å². The van der Waals surface area contributed by atoms with Gasteiger partial charge < -0.3 is 14.8 Å². The van der Waals surface area contributed by atoms with Crippen molar-refractivity contribution in [1.82, 2.24) is 0 Å². The normalized spacial score (nSPS) is 9.75. The van der Waals surface area contributed by atoms with E-state index in [-0.39, 0.29) is 12.5 Å². The molecule has 1 rings (SSSR count). The Morgan fingerprint density at radius 3 is 2.56 bits per heavy atom. The van der Waals surface area contributed by atoms with E-state index < -0.39 is 0 Å². The van der Waals surface area contributed by atoms with Gasteiger partial charge in [0.25, 0.3) is 0 Å². The van der Waals surface area contributed by atoms with Crippen LogP contribution in [0.4, 0.5) is 5.69 Å². The van der Waals surface area contributed by atoms with Gasteiger partial charge in [-0.05, 0) is 31.0 Å². The van der Waals surface area contributed by atoms with Gasteiger partial charge in [0.2, 0.25) is 0 Å². The van der Waals surface area contributed by atoms with Crippen LogP contribution in [0.5, 0.6) is 5.75 Å². The van der Waals surface area contributed by atoms with E-state index in [0.29, 0.717) is 0 Å². The molecule has 0 radical (unpaired) electrons. The number of carbonyl (C=O) groups excluding carboxylic acids is 1. The van der Waals surface area contributed by atoms with E-state index in [2.05, 4.69) is 10.1 Å². The highest BCUT2D eigenvalue weighted by molar-refractivity contribution is 5.76. The third-order valence-electron chi connectivity index (χ3n) is 2.30. The molecular weight excluding hydrogens is 206 g/mol. The monoisotopic (exact) mass is 223 g/mol. The van der Waals surface area contributed by atoms with Crippen molar-refractivity contribution in [3.63, 3.8) is 0 Å². The minimum absolute atomic E-state index is 0.136. The largest absolute Gasteiger partial charge is 0.495 e. The second-order valence-corrected chi connectivity index (χ2v) is 3.59. The molecule has 1 N–H and O–H groups in total. The lowest BCUT2D eigenvalue weighted by atomic mass is 10.1. The number of hydrogen-bond donors (Lipinski definition) is 1. The summed E-state index contributed by atoms with van der Waals surface area (Å²) in [4.78, 5) is 11.0. The molecule has 0 heterocycles. The summed E-state index contributed by atoms with van der Waals surface area (Å²) in [7, 11) is 2.97. The van der Waals surface area contributed by atoms with Crippen LogP contribution in [-0.2, 0) is 9.53 Å². The molecule has 0 bridgehead atoms. The zero-order valence-corrected chi connectivity index (χ0v) is 10.1. The van der Waals surface area contributed by atoms with E-state index in [1.54, 1.807) is 7.11 Å². The van der Waals surface area contributed by atoms with E-state index in [0.717, 1.165) is 22.6 Å². The lowest BCUT2D eigenvalue weighted by Crippen LogP contribution is -2.16. The van der Waals surface area contributed by atoms with Crippen molar-refractivity contribution in [2.45, 2.75) is 13.8 Å². The van der Waals surface area contributed by atoms with Crippen molar-refractivity contribution < 1.29 is 14.3 Å². The number of aryl methyl sites for hydroxylation is 2. The molecule has 0 unspecified atom stereocenters. The smallest absolute Gasteiger partial charge is 0.325 e. The van der Waals surface area contributed by atoms with Crippen molar-refractivity contribution in [2.75, 3.05) is 26.1 Å². The minimum atomic E-state index is -0.304. The molecule has 1 aromatic carbocycles. The molecule has 1 aromatic rings. The molecule has 0 atom stereocenters. The molecule has 4 nitrogen and oxygen atoms in total. The summed E-state index contributed by atoms with van der Waals surface area (Å²) in [6.07, 6.45) is 0. The Morgan fingerprint density at radius 2 is 2.00 bits per heavy atom. The van der Waals surface area contributed by atoms with Crippen LogP contribution in [-0.4, -0.2) is 26.7 Å². The highest BCUT2D eigenvalue weighted by atomic mass is 16.5. The Balaban J connectivity index is 2.89. The van der Waals surface area contributed by atoms with Crippen molar-refractivity contribution in [3.8, 4) is 5.75 Å². The molecule has 0 spiro atoms. The van der Waals surface area contributed by atoms with Gasteiger partial charge in [-0.25, -0.2) is 0 Å². The molecule has 0 fully saturated rings. The fraction of sp³-hybridized carbons (Fsp3) is 0.417. The topological polar surface area (TPSA) is 47.6 Å². The van der Waals surface area contributed by atoms with Gasteiger partial charge in [-0.3, -0.25) is 4.79 Å². The maximum absolute atomic E-state index is 11.0. The van der Waals surface area contributed by atoms with Gasteiger partial charge >= 0.3 is 5.97 Å². The van der Waals surface area contributed by atoms with Gasteiger partial charge in [-0.2, -0.15) is 0 Å². The standard InChI is InChI=1S/C12H17NO3/c1-8-5-9(2)12(10(6-8)15-3)13-7-11(14)16-4/h5-6,13H,7H2,1-4H3. The van der Waals surface area contributed by atoms with Crippen molar-refractivity contribution >= 4 is 11.7 Å². The van der Waals surface area contributed by atoms with Crippen molar-refractivity contribution in [1.29, 1.82) is 0 Å². The number of hydrogen-bond acceptors (Lipinski definition) is 4. The summed E-state index contributed by atoms with van der Waals surface area (Å²) in [6, 6.07) is 3.95. The Hall–Kier alpha value is -1.71. The zero-order valence-electron chi connectivity index (χ0n) is 10.1. The van der Waals surface area contributed by atoms with Crippen LogP contribution < -0.4 is 10.1 Å².